The molecule has 1 aliphatic heterocycles. The fraction of sp³-hybridized carbons (Fsp3) is 0.409. The van der Waals surface area contributed by atoms with E-state index in [0.29, 0.717) is 19.6 Å². The lowest BCUT2D eigenvalue weighted by Gasteiger charge is -2.21. The molecule has 2 atom stereocenters. The molecule has 0 spiro atoms. The lowest BCUT2D eigenvalue weighted by atomic mass is 9.98. The normalized spacial score (nSPS) is 18.0. The van der Waals surface area contributed by atoms with E-state index in [-0.39, 0.29) is 17.7 Å². The van der Waals surface area contributed by atoms with Crippen molar-refractivity contribution in [1.82, 2.24) is 19.7 Å². The molecule has 146 valence electrons. The van der Waals surface area contributed by atoms with E-state index in [0.717, 1.165) is 35.3 Å². The second-order valence-corrected chi connectivity index (χ2v) is 7.67. The molecule has 1 saturated heterocycles. The number of aryl methyl sites for hydroxylation is 1. The number of pyridine rings is 1. The van der Waals surface area contributed by atoms with Gasteiger partial charge in [0.15, 0.2) is 5.65 Å². The smallest absolute Gasteiger partial charge is 0.229 e. The number of rotatable bonds is 5. The second-order valence-electron chi connectivity index (χ2n) is 7.67. The topological polar surface area (TPSA) is 77.0 Å². The lowest BCUT2D eigenvalue weighted by molar-refractivity contribution is -0.131. The van der Waals surface area contributed by atoms with Crippen LogP contribution in [0, 0.1) is 6.92 Å². The molecule has 6 nitrogen and oxygen atoms in total. The molecule has 0 bridgehead atoms. The number of nitrogens with zero attached hydrogens (tertiary/aromatic N) is 4. The molecule has 3 aromatic rings. The molecule has 3 heterocycles. The third-order valence-corrected chi connectivity index (χ3v) is 5.71. The number of carbonyl (C=O) groups excluding carboxylic acids is 1. The van der Waals surface area contributed by atoms with Crippen LogP contribution in [0.5, 0.6) is 0 Å². The molecule has 2 aromatic heterocycles. The molecule has 1 aliphatic rings. The van der Waals surface area contributed by atoms with Gasteiger partial charge in [-0.25, -0.2) is 9.67 Å². The Morgan fingerprint density at radius 2 is 2.07 bits per heavy atom. The fourth-order valence-electron chi connectivity index (χ4n) is 4.07. The number of amides is 1. The third-order valence-electron chi connectivity index (χ3n) is 5.71. The minimum absolute atomic E-state index is 0.132. The minimum Gasteiger partial charge on any atom is -0.341 e. The summed E-state index contributed by atoms with van der Waals surface area (Å²) < 4.78 is 1.89. The Hall–Kier alpha value is -2.73. The molecule has 1 aromatic carbocycles. The number of likely N-dealkylation sites (tertiary alicyclic amines) is 1. The summed E-state index contributed by atoms with van der Waals surface area (Å²) in [5.41, 5.74) is 9.92. The molecule has 4 rings (SSSR count). The number of hydrogen-bond donors (Lipinski definition) is 1. The predicted molar refractivity (Wildman–Crippen MR) is 110 cm³/mol. The van der Waals surface area contributed by atoms with Crippen molar-refractivity contribution in [3.05, 3.63) is 59.4 Å². The van der Waals surface area contributed by atoms with Gasteiger partial charge in [-0.2, -0.15) is 5.10 Å². The molecule has 1 fully saturated rings. The number of hydrogen-bond acceptors (Lipinski definition) is 4. The van der Waals surface area contributed by atoms with Crippen LogP contribution in [-0.4, -0.2) is 45.2 Å². The van der Waals surface area contributed by atoms with Gasteiger partial charge in [-0.15, -0.1) is 0 Å². The summed E-state index contributed by atoms with van der Waals surface area (Å²) in [5, 5.41) is 5.87. The lowest BCUT2D eigenvalue weighted by Crippen LogP contribution is -2.32. The molecule has 0 radical (unpaired) electrons. The first-order valence-electron chi connectivity index (χ1n) is 9.95. The van der Waals surface area contributed by atoms with Crippen LogP contribution in [0.3, 0.4) is 0 Å². The maximum Gasteiger partial charge on any atom is 0.229 e. The number of nitrogens with two attached hydrogens (primary N) is 1. The fourth-order valence-corrected chi connectivity index (χ4v) is 4.07. The highest BCUT2D eigenvalue weighted by Crippen LogP contribution is 2.32. The van der Waals surface area contributed by atoms with Crippen molar-refractivity contribution in [3.63, 3.8) is 0 Å². The van der Waals surface area contributed by atoms with Gasteiger partial charge in [-0.1, -0.05) is 29.8 Å². The van der Waals surface area contributed by atoms with Gasteiger partial charge in [0.2, 0.25) is 5.91 Å². The minimum atomic E-state index is -0.132. The van der Waals surface area contributed by atoms with Crippen LogP contribution in [0.25, 0.3) is 11.0 Å². The predicted octanol–water partition coefficient (Wildman–Crippen LogP) is 2.82. The number of aromatic nitrogens is 3. The van der Waals surface area contributed by atoms with E-state index in [1.165, 1.54) is 5.56 Å². The molecular formula is C22H27N5O. The SMILES string of the molecule is Cc1ccc([C@@H](C)C(=O)N2CC[C@H](c3nn(CCN)c4ncccc34)C2)cc1. The monoisotopic (exact) mass is 377 g/mol. The molecule has 0 unspecified atom stereocenters. The van der Waals surface area contributed by atoms with E-state index in [2.05, 4.69) is 42.2 Å². The number of carbonyl (C=O) groups is 1. The van der Waals surface area contributed by atoms with Crippen molar-refractivity contribution in [2.75, 3.05) is 19.6 Å². The first-order chi connectivity index (χ1) is 13.6. The van der Waals surface area contributed by atoms with E-state index >= 15 is 0 Å². The summed E-state index contributed by atoms with van der Waals surface area (Å²) >= 11 is 0. The largest absolute Gasteiger partial charge is 0.341 e. The van der Waals surface area contributed by atoms with Crippen molar-refractivity contribution in [1.29, 1.82) is 0 Å². The Labute approximate surface area is 165 Å². The van der Waals surface area contributed by atoms with Gasteiger partial charge < -0.3 is 10.6 Å². The van der Waals surface area contributed by atoms with Gasteiger partial charge in [-0.3, -0.25) is 4.79 Å². The Morgan fingerprint density at radius 1 is 1.29 bits per heavy atom. The van der Waals surface area contributed by atoms with Crippen LogP contribution in [0.2, 0.25) is 0 Å². The summed E-state index contributed by atoms with van der Waals surface area (Å²) in [4.78, 5) is 19.5. The maximum absolute atomic E-state index is 13.1. The van der Waals surface area contributed by atoms with E-state index in [4.69, 9.17) is 10.8 Å². The Morgan fingerprint density at radius 3 is 2.82 bits per heavy atom. The highest BCUT2D eigenvalue weighted by Gasteiger charge is 2.32. The summed E-state index contributed by atoms with van der Waals surface area (Å²) in [5.74, 6) is 0.294. The molecule has 2 N–H and O–H groups in total. The van der Waals surface area contributed by atoms with Crippen LogP contribution >= 0.6 is 0 Å². The van der Waals surface area contributed by atoms with Gasteiger partial charge >= 0.3 is 0 Å². The molecule has 28 heavy (non-hydrogen) atoms. The van der Waals surface area contributed by atoms with Crippen LogP contribution in [0.4, 0.5) is 0 Å². The zero-order valence-corrected chi connectivity index (χ0v) is 16.5. The van der Waals surface area contributed by atoms with Crippen LogP contribution in [-0.2, 0) is 11.3 Å². The highest BCUT2D eigenvalue weighted by molar-refractivity contribution is 5.84. The summed E-state index contributed by atoms with van der Waals surface area (Å²) in [7, 11) is 0. The van der Waals surface area contributed by atoms with Crippen molar-refractivity contribution < 1.29 is 4.79 Å². The van der Waals surface area contributed by atoms with E-state index < -0.39 is 0 Å². The van der Waals surface area contributed by atoms with Gasteiger partial charge in [0.05, 0.1) is 18.2 Å². The number of benzene rings is 1. The highest BCUT2D eigenvalue weighted by atomic mass is 16.2. The van der Waals surface area contributed by atoms with Crippen molar-refractivity contribution in [2.45, 2.75) is 38.6 Å². The zero-order valence-electron chi connectivity index (χ0n) is 16.5. The van der Waals surface area contributed by atoms with E-state index in [9.17, 15) is 4.79 Å². The molecule has 0 saturated carbocycles. The van der Waals surface area contributed by atoms with Crippen LogP contribution in [0.1, 0.15) is 42.0 Å². The molecule has 0 aliphatic carbocycles. The summed E-state index contributed by atoms with van der Waals surface area (Å²) in [6.07, 6.45) is 2.71. The van der Waals surface area contributed by atoms with Crippen molar-refractivity contribution in [3.8, 4) is 0 Å². The Kier molecular flexibility index (Phi) is 5.13. The zero-order chi connectivity index (χ0) is 19.7. The summed E-state index contributed by atoms with van der Waals surface area (Å²) in [6, 6.07) is 12.2. The Balaban J connectivity index is 1.53. The average molecular weight is 377 g/mol. The van der Waals surface area contributed by atoms with Crippen LogP contribution < -0.4 is 5.73 Å². The second kappa shape index (κ2) is 7.72. The third kappa shape index (κ3) is 3.40. The van der Waals surface area contributed by atoms with E-state index in [1.807, 2.05) is 22.6 Å². The van der Waals surface area contributed by atoms with Crippen molar-refractivity contribution >= 4 is 16.9 Å². The summed E-state index contributed by atoms with van der Waals surface area (Å²) in [6.45, 7) is 6.70. The van der Waals surface area contributed by atoms with Gasteiger partial charge in [0, 0.05) is 37.1 Å². The van der Waals surface area contributed by atoms with Gasteiger partial charge in [0.25, 0.3) is 0 Å². The maximum atomic E-state index is 13.1. The first-order valence-corrected chi connectivity index (χ1v) is 9.95. The van der Waals surface area contributed by atoms with E-state index in [1.54, 1.807) is 6.20 Å². The Bertz CT molecular complexity index is 978. The van der Waals surface area contributed by atoms with Crippen molar-refractivity contribution in [2.24, 2.45) is 5.73 Å². The standard InChI is InChI=1S/C22H27N5O/c1-15-5-7-17(8-6-15)16(2)22(28)26-12-9-18(14-26)20-19-4-3-11-24-21(19)27(25-20)13-10-23/h3-8,11,16,18H,9-10,12-14,23H2,1-2H3/t16-,18+/m1/s1. The quantitative estimate of drug-likeness (QED) is 0.742. The van der Waals surface area contributed by atoms with Crippen LogP contribution in [0.15, 0.2) is 42.6 Å². The molecular weight excluding hydrogens is 350 g/mol. The number of fused-ring (bicyclic) bond motifs is 1. The first kappa shape index (κ1) is 18.6. The van der Waals surface area contributed by atoms with Gasteiger partial charge in [-0.05, 0) is 38.0 Å². The average Bonchev–Trinajstić information content (AvgIpc) is 3.33. The molecule has 1 amide bonds. The van der Waals surface area contributed by atoms with Gasteiger partial charge in [0.1, 0.15) is 0 Å². The molecule has 6 heteroatoms.